The molecule has 25 heavy (non-hydrogen) atoms. The predicted molar refractivity (Wildman–Crippen MR) is 93.4 cm³/mol. The highest BCUT2D eigenvalue weighted by molar-refractivity contribution is 7.88. The van der Waals surface area contributed by atoms with Crippen molar-refractivity contribution in [1.29, 1.82) is 0 Å². The minimum absolute atomic E-state index is 0.105. The highest BCUT2D eigenvalue weighted by atomic mass is 32.2. The highest BCUT2D eigenvalue weighted by Gasteiger charge is 2.08. The van der Waals surface area contributed by atoms with Gasteiger partial charge in [-0.2, -0.15) is 8.78 Å². The molecule has 0 amide bonds. The molecule has 142 valence electrons. The van der Waals surface area contributed by atoms with E-state index in [1.807, 2.05) is 18.9 Å². The van der Waals surface area contributed by atoms with Crippen LogP contribution in [-0.2, 0) is 16.6 Å². The Kier molecular flexibility index (Phi) is 8.56. The number of halogens is 2. The lowest BCUT2D eigenvalue weighted by Gasteiger charge is -2.22. The second-order valence-electron chi connectivity index (χ2n) is 5.28. The average Bonchev–Trinajstić information content (AvgIpc) is 2.50. The van der Waals surface area contributed by atoms with Crippen LogP contribution in [0.1, 0.15) is 12.5 Å². The molecule has 1 rings (SSSR count). The van der Waals surface area contributed by atoms with Gasteiger partial charge in [0.15, 0.2) is 5.96 Å². The number of hydrogen-bond acceptors (Lipinski definition) is 4. The molecule has 0 heterocycles. The zero-order valence-corrected chi connectivity index (χ0v) is 15.3. The standard InChI is InChI=1S/C15H24F2N4O3S/c1-4-18-15(19-9-10-20-25(3,22)23)21(2)11-12-5-7-13(8-6-12)24-14(16)17/h5-8,14,20H,4,9-11H2,1-3H3,(H,18,19). The number of alkyl halides is 2. The van der Waals surface area contributed by atoms with Crippen LogP contribution in [0.5, 0.6) is 5.75 Å². The summed E-state index contributed by atoms with van der Waals surface area (Å²) in [5.41, 5.74) is 0.893. The van der Waals surface area contributed by atoms with Crippen LogP contribution < -0.4 is 14.8 Å². The number of benzene rings is 1. The molecule has 0 aliphatic heterocycles. The molecule has 0 aliphatic carbocycles. The number of nitrogens with one attached hydrogen (secondary N) is 2. The number of hydrogen-bond donors (Lipinski definition) is 2. The normalized spacial score (nSPS) is 12.3. The maximum absolute atomic E-state index is 12.1. The Morgan fingerprint density at radius 1 is 1.32 bits per heavy atom. The fraction of sp³-hybridized carbons (Fsp3) is 0.533. The van der Waals surface area contributed by atoms with Crippen LogP contribution in [0.15, 0.2) is 29.3 Å². The zero-order valence-electron chi connectivity index (χ0n) is 14.5. The SMILES string of the molecule is CCNC(=NCCNS(C)(=O)=O)N(C)Cc1ccc(OC(F)F)cc1. The van der Waals surface area contributed by atoms with Crippen LogP contribution >= 0.6 is 0 Å². The second kappa shape index (κ2) is 10.1. The van der Waals surface area contributed by atoms with Crippen LogP contribution in [0.4, 0.5) is 8.78 Å². The fourth-order valence-electron chi connectivity index (χ4n) is 1.99. The van der Waals surface area contributed by atoms with Crippen molar-refractivity contribution in [3.8, 4) is 5.75 Å². The molecule has 0 atom stereocenters. The zero-order chi connectivity index (χ0) is 18.9. The molecule has 0 radical (unpaired) electrons. The van der Waals surface area contributed by atoms with E-state index in [1.54, 1.807) is 12.1 Å². The third-order valence-corrected chi connectivity index (χ3v) is 3.73. The minimum atomic E-state index is -3.23. The molecule has 0 spiro atoms. The topological polar surface area (TPSA) is 83.0 Å². The van der Waals surface area contributed by atoms with Crippen molar-refractivity contribution in [2.24, 2.45) is 4.99 Å². The molecule has 0 aromatic heterocycles. The summed E-state index contributed by atoms with van der Waals surface area (Å²) in [5.74, 6) is 0.722. The maximum Gasteiger partial charge on any atom is 0.387 e. The first-order valence-electron chi connectivity index (χ1n) is 7.69. The summed E-state index contributed by atoms with van der Waals surface area (Å²) in [6.45, 7) is 0.738. The molecule has 0 saturated carbocycles. The third kappa shape index (κ3) is 9.20. The molecule has 1 aromatic rings. The number of rotatable bonds is 9. The molecule has 0 unspecified atom stereocenters. The smallest absolute Gasteiger partial charge is 0.387 e. The van der Waals surface area contributed by atoms with Gasteiger partial charge in [-0.15, -0.1) is 0 Å². The summed E-state index contributed by atoms with van der Waals surface area (Å²) in [6.07, 6.45) is 1.09. The summed E-state index contributed by atoms with van der Waals surface area (Å²) in [6, 6.07) is 6.36. The molecule has 10 heteroatoms. The van der Waals surface area contributed by atoms with E-state index in [1.165, 1.54) is 12.1 Å². The van der Waals surface area contributed by atoms with Gasteiger partial charge in [0.05, 0.1) is 12.8 Å². The quantitative estimate of drug-likeness (QED) is 0.384. The molecular formula is C15H24F2N4O3S. The van der Waals surface area contributed by atoms with E-state index in [0.29, 0.717) is 25.6 Å². The van der Waals surface area contributed by atoms with Crippen LogP contribution in [-0.4, -0.2) is 58.8 Å². The van der Waals surface area contributed by atoms with E-state index in [9.17, 15) is 17.2 Å². The van der Waals surface area contributed by atoms with Crippen molar-refractivity contribution in [2.45, 2.75) is 20.1 Å². The summed E-state index contributed by atoms with van der Waals surface area (Å²) >= 11 is 0. The van der Waals surface area contributed by atoms with Crippen molar-refractivity contribution < 1.29 is 21.9 Å². The Bertz CT molecular complexity index is 651. The third-order valence-electron chi connectivity index (χ3n) is 3.00. The number of sulfonamides is 1. The molecule has 0 aliphatic rings. The van der Waals surface area contributed by atoms with E-state index in [0.717, 1.165) is 11.8 Å². The van der Waals surface area contributed by atoms with Crippen molar-refractivity contribution in [1.82, 2.24) is 14.9 Å². The van der Waals surface area contributed by atoms with Gasteiger partial charge < -0.3 is 15.0 Å². The van der Waals surface area contributed by atoms with Gasteiger partial charge in [0.1, 0.15) is 5.75 Å². The van der Waals surface area contributed by atoms with Crippen molar-refractivity contribution in [3.63, 3.8) is 0 Å². The first-order valence-corrected chi connectivity index (χ1v) is 9.58. The van der Waals surface area contributed by atoms with Gasteiger partial charge in [0.25, 0.3) is 0 Å². The number of ether oxygens (including phenoxy) is 1. The first-order chi connectivity index (χ1) is 11.7. The lowest BCUT2D eigenvalue weighted by molar-refractivity contribution is -0.0498. The fourth-order valence-corrected chi connectivity index (χ4v) is 2.45. The van der Waals surface area contributed by atoms with Crippen molar-refractivity contribution in [3.05, 3.63) is 29.8 Å². The Balaban J connectivity index is 2.64. The number of guanidine groups is 1. The van der Waals surface area contributed by atoms with Gasteiger partial charge in [0.2, 0.25) is 10.0 Å². The highest BCUT2D eigenvalue weighted by Crippen LogP contribution is 2.15. The summed E-state index contributed by atoms with van der Waals surface area (Å²) in [5, 5.41) is 3.11. The van der Waals surface area contributed by atoms with Gasteiger partial charge in [-0.1, -0.05) is 12.1 Å². The molecule has 0 fully saturated rings. The van der Waals surface area contributed by atoms with Gasteiger partial charge in [-0.3, -0.25) is 4.99 Å². The summed E-state index contributed by atoms with van der Waals surface area (Å²) < 4.78 is 53.0. The van der Waals surface area contributed by atoms with E-state index in [2.05, 4.69) is 19.8 Å². The minimum Gasteiger partial charge on any atom is -0.435 e. The second-order valence-corrected chi connectivity index (χ2v) is 7.11. The van der Waals surface area contributed by atoms with Crippen LogP contribution in [0.2, 0.25) is 0 Å². The number of nitrogens with zero attached hydrogens (tertiary/aromatic N) is 2. The van der Waals surface area contributed by atoms with Crippen molar-refractivity contribution in [2.75, 3.05) is 32.9 Å². The van der Waals surface area contributed by atoms with E-state index >= 15 is 0 Å². The van der Waals surface area contributed by atoms with E-state index < -0.39 is 16.6 Å². The lowest BCUT2D eigenvalue weighted by atomic mass is 10.2. The van der Waals surface area contributed by atoms with Crippen LogP contribution in [0.3, 0.4) is 0 Å². The van der Waals surface area contributed by atoms with Crippen molar-refractivity contribution >= 4 is 16.0 Å². The van der Waals surface area contributed by atoms with Gasteiger partial charge in [-0.05, 0) is 24.6 Å². The number of aliphatic imine (C=N–C) groups is 1. The van der Waals surface area contributed by atoms with E-state index in [4.69, 9.17) is 0 Å². The van der Waals surface area contributed by atoms with Crippen LogP contribution in [0, 0.1) is 0 Å². The molecule has 0 bridgehead atoms. The Labute approximate surface area is 147 Å². The maximum atomic E-state index is 12.1. The van der Waals surface area contributed by atoms with Gasteiger partial charge in [0, 0.05) is 26.7 Å². The van der Waals surface area contributed by atoms with Gasteiger partial charge in [-0.25, -0.2) is 13.1 Å². The monoisotopic (exact) mass is 378 g/mol. The summed E-state index contributed by atoms with van der Waals surface area (Å²) in [4.78, 5) is 6.20. The first kappa shape index (κ1) is 21.1. The molecule has 1 aromatic carbocycles. The largest absolute Gasteiger partial charge is 0.435 e. The Morgan fingerprint density at radius 3 is 2.48 bits per heavy atom. The van der Waals surface area contributed by atoms with E-state index in [-0.39, 0.29) is 12.3 Å². The molecule has 2 N–H and O–H groups in total. The molecular weight excluding hydrogens is 354 g/mol. The average molecular weight is 378 g/mol. The Hall–Kier alpha value is -1.94. The predicted octanol–water partition coefficient (Wildman–Crippen LogP) is 1.23. The molecule has 7 nitrogen and oxygen atoms in total. The van der Waals surface area contributed by atoms with Gasteiger partial charge >= 0.3 is 6.61 Å². The lowest BCUT2D eigenvalue weighted by Crippen LogP contribution is -2.39. The van der Waals surface area contributed by atoms with Crippen LogP contribution in [0.25, 0.3) is 0 Å². The summed E-state index contributed by atoms with van der Waals surface area (Å²) in [7, 11) is -1.41. The Morgan fingerprint density at radius 2 is 1.96 bits per heavy atom. The molecule has 0 saturated heterocycles.